The minimum Gasteiger partial charge on any atom is -0.329 e. The number of nitrogens with zero attached hydrogens (tertiary/aromatic N) is 2. The Kier molecular flexibility index (Phi) is 5.36. The third-order valence-corrected chi connectivity index (χ3v) is 6.50. The molecule has 5 aromatic carbocycles. The van der Waals surface area contributed by atoms with E-state index in [9.17, 15) is 4.79 Å². The number of amides is 1. The normalized spacial score (nSPS) is 14.1. The first-order valence-corrected chi connectivity index (χ1v) is 11.8. The molecule has 1 aliphatic rings. The van der Waals surface area contributed by atoms with Crippen LogP contribution in [0.2, 0.25) is 0 Å². The Morgan fingerprint density at radius 1 is 0.543 bits per heavy atom. The minimum absolute atomic E-state index is 0.0397. The summed E-state index contributed by atoms with van der Waals surface area (Å²) in [5.74, 6) is -0.0459. The standard InChI is InChI=1S/C32H24N2O/c35-32(33(24-14-4-1-5-15-24)25-16-6-2-7-17-25)28-21-11-10-20-27(28)31-29-22-12-13-23-30(29)34(31)26-18-8-3-9-19-26/h1-23,31H. The number of carbonyl (C=O) groups excluding carboxylic acids is 1. The average molecular weight is 453 g/mol. The number of rotatable bonds is 5. The Bertz CT molecular complexity index is 1430. The molecule has 6 rings (SSSR count). The molecule has 0 spiro atoms. The summed E-state index contributed by atoms with van der Waals surface area (Å²) in [4.78, 5) is 18.4. The van der Waals surface area contributed by atoms with Crippen molar-refractivity contribution in [2.24, 2.45) is 0 Å². The Labute approximate surface area is 205 Å². The van der Waals surface area contributed by atoms with E-state index in [-0.39, 0.29) is 11.9 Å². The van der Waals surface area contributed by atoms with E-state index in [1.807, 2.05) is 84.9 Å². The van der Waals surface area contributed by atoms with E-state index in [0.29, 0.717) is 5.56 Å². The van der Waals surface area contributed by atoms with Gasteiger partial charge in [0.2, 0.25) is 0 Å². The van der Waals surface area contributed by atoms with Crippen LogP contribution < -0.4 is 9.80 Å². The van der Waals surface area contributed by atoms with Crippen molar-refractivity contribution in [3.8, 4) is 0 Å². The van der Waals surface area contributed by atoms with E-state index in [1.54, 1.807) is 4.90 Å². The molecule has 3 heteroatoms. The zero-order valence-electron chi connectivity index (χ0n) is 19.2. The van der Waals surface area contributed by atoms with Gasteiger partial charge in [-0.1, -0.05) is 91.0 Å². The molecule has 0 fully saturated rings. The number of hydrogen-bond acceptors (Lipinski definition) is 2. The Morgan fingerprint density at radius 2 is 1.03 bits per heavy atom. The summed E-state index contributed by atoms with van der Waals surface area (Å²) in [6.45, 7) is 0. The second kappa shape index (κ2) is 8.96. The van der Waals surface area contributed by atoms with E-state index in [1.165, 1.54) is 11.3 Å². The van der Waals surface area contributed by atoms with E-state index in [2.05, 4.69) is 59.5 Å². The van der Waals surface area contributed by atoms with Gasteiger partial charge in [0.1, 0.15) is 0 Å². The van der Waals surface area contributed by atoms with Crippen LogP contribution >= 0.6 is 0 Å². The van der Waals surface area contributed by atoms with E-state index >= 15 is 0 Å². The average Bonchev–Trinajstić information content (AvgIpc) is 2.92. The highest BCUT2D eigenvalue weighted by Crippen LogP contribution is 2.52. The van der Waals surface area contributed by atoms with Crippen molar-refractivity contribution >= 4 is 28.7 Å². The van der Waals surface area contributed by atoms with Gasteiger partial charge in [-0.15, -0.1) is 0 Å². The van der Waals surface area contributed by atoms with Crippen molar-refractivity contribution in [1.82, 2.24) is 0 Å². The second-order valence-corrected chi connectivity index (χ2v) is 8.57. The maximum absolute atomic E-state index is 14.3. The molecule has 1 aliphatic heterocycles. The summed E-state index contributed by atoms with van der Waals surface area (Å²) in [5.41, 5.74) is 6.88. The summed E-state index contributed by atoms with van der Waals surface area (Å²) in [7, 11) is 0. The predicted molar refractivity (Wildman–Crippen MR) is 143 cm³/mol. The van der Waals surface area contributed by atoms with Crippen LogP contribution in [0, 0.1) is 0 Å². The lowest BCUT2D eigenvalue weighted by Gasteiger charge is -2.45. The number of hydrogen-bond donors (Lipinski definition) is 0. The summed E-state index contributed by atoms with van der Waals surface area (Å²) < 4.78 is 0. The quantitative estimate of drug-likeness (QED) is 0.270. The van der Waals surface area contributed by atoms with Crippen LogP contribution in [0.4, 0.5) is 22.7 Å². The van der Waals surface area contributed by atoms with Gasteiger partial charge in [0, 0.05) is 33.9 Å². The molecule has 1 amide bonds. The summed E-state index contributed by atoms with van der Waals surface area (Å²) in [5, 5.41) is 0. The number of anilines is 4. The van der Waals surface area contributed by atoms with E-state index < -0.39 is 0 Å². The summed E-state index contributed by atoms with van der Waals surface area (Å²) >= 11 is 0. The first-order chi connectivity index (χ1) is 17.3. The molecule has 0 bridgehead atoms. The third kappa shape index (κ3) is 3.68. The molecular weight excluding hydrogens is 428 g/mol. The van der Waals surface area contributed by atoms with Crippen LogP contribution in [-0.2, 0) is 0 Å². The second-order valence-electron chi connectivity index (χ2n) is 8.57. The molecule has 35 heavy (non-hydrogen) atoms. The summed E-state index contributed by atoms with van der Waals surface area (Å²) in [6.07, 6.45) is 0. The third-order valence-electron chi connectivity index (χ3n) is 6.50. The van der Waals surface area contributed by atoms with E-state index in [0.717, 1.165) is 22.6 Å². The van der Waals surface area contributed by atoms with Gasteiger partial charge in [0.15, 0.2) is 0 Å². The lowest BCUT2D eigenvalue weighted by atomic mass is 9.84. The fraction of sp³-hybridized carbons (Fsp3) is 0.0312. The van der Waals surface area contributed by atoms with Crippen LogP contribution in [0.15, 0.2) is 140 Å². The maximum Gasteiger partial charge on any atom is 0.263 e. The van der Waals surface area contributed by atoms with Crippen molar-refractivity contribution < 1.29 is 4.79 Å². The maximum atomic E-state index is 14.3. The van der Waals surface area contributed by atoms with Gasteiger partial charge in [-0.05, 0) is 54.1 Å². The first-order valence-electron chi connectivity index (χ1n) is 11.8. The molecule has 168 valence electrons. The van der Waals surface area contributed by atoms with Crippen molar-refractivity contribution in [3.63, 3.8) is 0 Å². The molecule has 1 unspecified atom stereocenters. The van der Waals surface area contributed by atoms with Crippen molar-refractivity contribution in [2.75, 3.05) is 9.80 Å². The van der Waals surface area contributed by atoms with Gasteiger partial charge < -0.3 is 4.90 Å². The van der Waals surface area contributed by atoms with Crippen molar-refractivity contribution in [1.29, 1.82) is 0 Å². The molecule has 5 aromatic rings. The largest absolute Gasteiger partial charge is 0.329 e. The minimum atomic E-state index is -0.0459. The molecular formula is C32H24N2O. The molecule has 0 aromatic heterocycles. The zero-order valence-corrected chi connectivity index (χ0v) is 19.2. The Hall–Kier alpha value is -4.63. The monoisotopic (exact) mass is 452 g/mol. The smallest absolute Gasteiger partial charge is 0.263 e. The van der Waals surface area contributed by atoms with Gasteiger partial charge in [-0.25, -0.2) is 0 Å². The molecule has 0 saturated heterocycles. The topological polar surface area (TPSA) is 23.6 Å². The van der Waals surface area contributed by atoms with Crippen LogP contribution in [0.5, 0.6) is 0 Å². The molecule has 3 nitrogen and oxygen atoms in total. The first kappa shape index (κ1) is 20.9. The Morgan fingerprint density at radius 3 is 1.66 bits per heavy atom. The molecule has 0 N–H and O–H groups in total. The van der Waals surface area contributed by atoms with Gasteiger partial charge in [-0.3, -0.25) is 9.69 Å². The number of carbonyl (C=O) groups is 1. The van der Waals surface area contributed by atoms with Gasteiger partial charge >= 0.3 is 0 Å². The predicted octanol–water partition coefficient (Wildman–Crippen LogP) is 7.91. The Balaban J connectivity index is 1.48. The number of benzene rings is 5. The highest BCUT2D eigenvalue weighted by atomic mass is 16.2. The van der Waals surface area contributed by atoms with Crippen molar-refractivity contribution in [3.05, 3.63) is 156 Å². The highest BCUT2D eigenvalue weighted by molar-refractivity contribution is 6.12. The molecule has 0 aliphatic carbocycles. The van der Waals surface area contributed by atoms with Crippen LogP contribution in [-0.4, -0.2) is 5.91 Å². The van der Waals surface area contributed by atoms with Crippen LogP contribution in [0.25, 0.3) is 0 Å². The van der Waals surface area contributed by atoms with Gasteiger partial charge in [0.25, 0.3) is 5.91 Å². The van der Waals surface area contributed by atoms with Crippen LogP contribution in [0.3, 0.4) is 0 Å². The van der Waals surface area contributed by atoms with Crippen LogP contribution in [0.1, 0.15) is 27.5 Å². The molecule has 1 heterocycles. The fourth-order valence-electron chi connectivity index (χ4n) is 4.92. The van der Waals surface area contributed by atoms with Crippen molar-refractivity contribution in [2.45, 2.75) is 6.04 Å². The van der Waals surface area contributed by atoms with E-state index in [4.69, 9.17) is 0 Å². The molecule has 0 radical (unpaired) electrons. The highest BCUT2D eigenvalue weighted by Gasteiger charge is 2.39. The number of para-hydroxylation sites is 4. The van der Waals surface area contributed by atoms with Gasteiger partial charge in [0.05, 0.1) is 6.04 Å². The van der Waals surface area contributed by atoms with Gasteiger partial charge in [-0.2, -0.15) is 0 Å². The lowest BCUT2D eigenvalue weighted by Crippen LogP contribution is -2.37. The lowest BCUT2D eigenvalue weighted by molar-refractivity contribution is 0.0998. The molecule has 1 atom stereocenters. The SMILES string of the molecule is O=C(c1ccccc1C1c2ccccc2N1c1ccccc1)N(c1ccccc1)c1ccccc1. The fourth-order valence-corrected chi connectivity index (χ4v) is 4.92. The number of fused-ring (bicyclic) bond motifs is 1. The zero-order chi connectivity index (χ0) is 23.6. The summed E-state index contributed by atoms with van der Waals surface area (Å²) in [6, 6.07) is 46.4. The molecule has 0 saturated carbocycles.